The average molecular weight is 211 g/mol. The number of allylic oxidation sites excluding steroid dienone is 2. The molecule has 0 atom stereocenters. The van der Waals surface area contributed by atoms with E-state index in [2.05, 4.69) is 23.2 Å². The molecule has 1 nitrogen and oxygen atoms in total. The maximum absolute atomic E-state index is 12.0. The van der Waals surface area contributed by atoms with Crippen molar-refractivity contribution in [1.82, 2.24) is 0 Å². The van der Waals surface area contributed by atoms with Crippen LogP contribution in [0, 0.1) is 0 Å². The molecule has 0 radical (unpaired) electrons. The largest absolute Gasteiger partial charge is 0.375 e. The number of rotatable bonds is 2. The van der Waals surface area contributed by atoms with Crippen molar-refractivity contribution in [2.75, 3.05) is 0 Å². The van der Waals surface area contributed by atoms with E-state index in [-0.39, 0.29) is 0 Å². The van der Waals surface area contributed by atoms with Crippen molar-refractivity contribution in [3.63, 3.8) is 0 Å². The Morgan fingerprint density at radius 3 is 1.73 bits per heavy atom. The molecule has 11 heavy (non-hydrogen) atoms. The van der Waals surface area contributed by atoms with Gasteiger partial charge in [-0.2, -0.15) is 13.2 Å². The quantitative estimate of drug-likeness (QED) is 0.297. The van der Waals surface area contributed by atoms with Gasteiger partial charge < -0.3 is 0 Å². The molecular weight excluding hydrogens is 211 g/mol. The van der Waals surface area contributed by atoms with Gasteiger partial charge in [0.1, 0.15) is 0 Å². The fraction of sp³-hybridized carbons (Fsp3) is 0.250. The number of hydrogen-bond donors (Lipinski definition) is 0. The third-order valence-corrected chi connectivity index (χ3v) is 1.09. The minimum Gasteiger partial charge on any atom is -0.254 e. The van der Waals surface area contributed by atoms with E-state index < -0.39 is 22.3 Å². The summed E-state index contributed by atoms with van der Waals surface area (Å²) in [6.07, 6.45) is 0. The fourth-order valence-electron chi connectivity index (χ4n) is 0.211. The summed E-state index contributed by atoms with van der Waals surface area (Å²) in [5, 5.41) is -6.29. The van der Waals surface area contributed by atoms with Crippen molar-refractivity contribution in [3.05, 3.63) is 10.9 Å². The van der Waals surface area contributed by atoms with Crippen LogP contribution in [-0.4, -0.2) is 11.4 Å². The molecule has 0 saturated carbocycles. The molecule has 0 spiro atoms. The van der Waals surface area contributed by atoms with Gasteiger partial charge >= 0.3 is 11.4 Å². The molecule has 0 aromatic heterocycles. The highest BCUT2D eigenvalue weighted by Gasteiger charge is 2.36. The van der Waals surface area contributed by atoms with Crippen LogP contribution < -0.4 is 0 Å². The van der Waals surface area contributed by atoms with Crippen LogP contribution in [0.25, 0.3) is 0 Å². The number of carbonyl (C=O) groups excluding carboxylic acids is 1. The standard InChI is InChI=1S/C4Cl2F4O/c5-1(3(8)11)2(7)4(6,9)10/b2-1+. The van der Waals surface area contributed by atoms with Crippen LogP contribution in [0.15, 0.2) is 10.9 Å². The summed E-state index contributed by atoms with van der Waals surface area (Å²) in [7, 11) is 0. The highest BCUT2D eigenvalue weighted by atomic mass is 35.5. The van der Waals surface area contributed by atoms with Crippen molar-refractivity contribution in [2.45, 2.75) is 5.38 Å². The first-order valence-electron chi connectivity index (χ1n) is 2.09. The van der Waals surface area contributed by atoms with Crippen molar-refractivity contribution in [1.29, 1.82) is 0 Å². The Morgan fingerprint density at radius 1 is 1.27 bits per heavy atom. The Hall–Kier alpha value is -0.290. The normalized spacial score (nSPS) is 14.4. The highest BCUT2D eigenvalue weighted by molar-refractivity contribution is 6.42. The number of halogens is 6. The zero-order valence-corrected chi connectivity index (χ0v) is 6.19. The molecule has 0 unspecified atom stereocenters. The number of carbonyl (C=O) groups is 1. The van der Waals surface area contributed by atoms with Gasteiger partial charge in [0.15, 0.2) is 5.03 Å². The van der Waals surface area contributed by atoms with Crippen LogP contribution in [0.3, 0.4) is 0 Å². The van der Waals surface area contributed by atoms with Gasteiger partial charge in [0.2, 0.25) is 5.83 Å². The molecule has 0 saturated heterocycles. The average Bonchev–Trinajstić information content (AvgIpc) is 1.82. The molecule has 64 valence electrons. The van der Waals surface area contributed by atoms with Crippen molar-refractivity contribution >= 4 is 29.2 Å². The molecule has 0 heterocycles. The molecule has 0 aliphatic heterocycles. The molecule has 0 bridgehead atoms. The number of alkyl halides is 3. The van der Waals surface area contributed by atoms with E-state index in [9.17, 15) is 22.4 Å². The van der Waals surface area contributed by atoms with Gasteiger partial charge in [-0.1, -0.05) is 11.6 Å². The topological polar surface area (TPSA) is 17.1 Å². The molecule has 0 fully saturated rings. The van der Waals surface area contributed by atoms with Gasteiger partial charge in [-0.05, 0) is 11.6 Å². The summed E-state index contributed by atoms with van der Waals surface area (Å²) in [4.78, 5) is 9.54. The zero-order chi connectivity index (χ0) is 9.23. The van der Waals surface area contributed by atoms with Crippen molar-refractivity contribution < 1.29 is 22.4 Å². The van der Waals surface area contributed by atoms with Crippen LogP contribution in [0.2, 0.25) is 0 Å². The van der Waals surface area contributed by atoms with Crippen LogP contribution in [0.1, 0.15) is 0 Å². The molecule has 0 rings (SSSR count). The maximum Gasteiger partial charge on any atom is 0.375 e. The predicted molar refractivity (Wildman–Crippen MR) is 30.9 cm³/mol. The minimum absolute atomic E-state index is 1.84. The number of hydrogen-bond acceptors (Lipinski definition) is 1. The van der Waals surface area contributed by atoms with Gasteiger partial charge in [-0.25, -0.2) is 4.39 Å². The molecule has 0 aliphatic rings. The van der Waals surface area contributed by atoms with E-state index in [0.717, 1.165) is 0 Å². The van der Waals surface area contributed by atoms with E-state index in [0.29, 0.717) is 0 Å². The molecule has 0 amide bonds. The smallest absolute Gasteiger partial charge is 0.254 e. The van der Waals surface area contributed by atoms with Crippen LogP contribution in [-0.2, 0) is 4.79 Å². The first-order valence-corrected chi connectivity index (χ1v) is 2.84. The Bertz CT molecular complexity index is 207. The van der Waals surface area contributed by atoms with E-state index in [1.165, 1.54) is 0 Å². The predicted octanol–water partition coefficient (Wildman–Crippen LogP) is 2.73. The third kappa shape index (κ3) is 3.07. The summed E-state index contributed by atoms with van der Waals surface area (Å²) in [6.45, 7) is 0. The lowest BCUT2D eigenvalue weighted by atomic mass is 10.5. The van der Waals surface area contributed by atoms with E-state index in [1.807, 2.05) is 0 Å². The molecule has 0 aliphatic carbocycles. The van der Waals surface area contributed by atoms with Crippen LogP contribution in [0.4, 0.5) is 17.6 Å². The Kier molecular flexibility index (Phi) is 3.31. The summed E-state index contributed by atoms with van der Waals surface area (Å²) in [5.74, 6) is -2.49. The lowest BCUT2D eigenvalue weighted by Gasteiger charge is -2.03. The Balaban J connectivity index is 4.82. The maximum atomic E-state index is 12.0. The molecular formula is C4Cl2F4O. The second kappa shape index (κ2) is 3.40. The van der Waals surface area contributed by atoms with Gasteiger partial charge in [-0.3, -0.25) is 4.79 Å². The molecule has 0 aromatic carbocycles. The Morgan fingerprint density at radius 2 is 1.64 bits per heavy atom. The van der Waals surface area contributed by atoms with Crippen LogP contribution in [0.5, 0.6) is 0 Å². The second-order valence-electron chi connectivity index (χ2n) is 1.40. The third-order valence-electron chi connectivity index (χ3n) is 0.614. The highest BCUT2D eigenvalue weighted by Crippen LogP contribution is 2.33. The van der Waals surface area contributed by atoms with E-state index in [4.69, 9.17) is 0 Å². The van der Waals surface area contributed by atoms with Crippen molar-refractivity contribution in [2.24, 2.45) is 0 Å². The van der Waals surface area contributed by atoms with Gasteiger partial charge in [0.25, 0.3) is 0 Å². The monoisotopic (exact) mass is 210 g/mol. The second-order valence-corrected chi connectivity index (χ2v) is 2.25. The first kappa shape index (κ1) is 10.7. The van der Waals surface area contributed by atoms with Gasteiger partial charge in [0, 0.05) is 0 Å². The first-order chi connectivity index (χ1) is 4.76. The fourth-order valence-corrected chi connectivity index (χ4v) is 0.472. The van der Waals surface area contributed by atoms with Crippen molar-refractivity contribution in [3.8, 4) is 0 Å². The molecule has 0 N–H and O–H groups in total. The zero-order valence-electron chi connectivity index (χ0n) is 4.68. The lowest BCUT2D eigenvalue weighted by Crippen LogP contribution is -2.09. The summed E-state index contributed by atoms with van der Waals surface area (Å²) < 4.78 is 46.7. The Labute approximate surface area is 68.6 Å². The lowest BCUT2D eigenvalue weighted by molar-refractivity contribution is -0.124. The summed E-state index contributed by atoms with van der Waals surface area (Å²) in [5.41, 5.74) is 0. The minimum atomic E-state index is -4.45. The summed E-state index contributed by atoms with van der Waals surface area (Å²) in [6, 6.07) is -2.50. The van der Waals surface area contributed by atoms with Gasteiger partial charge in [0.05, 0.1) is 0 Å². The SMILES string of the molecule is O=C(F)/C(Cl)=C(\F)C(F)(F)Cl. The molecule has 0 aromatic rings. The van der Waals surface area contributed by atoms with E-state index in [1.54, 1.807) is 0 Å². The molecule has 7 heteroatoms. The van der Waals surface area contributed by atoms with Crippen LogP contribution >= 0.6 is 23.2 Å². The van der Waals surface area contributed by atoms with Gasteiger partial charge in [-0.15, -0.1) is 0 Å². The van der Waals surface area contributed by atoms with E-state index >= 15 is 0 Å². The summed E-state index contributed by atoms with van der Waals surface area (Å²) >= 11 is 8.52.